The number of ether oxygens (including phenoxy) is 1. The van der Waals surface area contributed by atoms with Gasteiger partial charge >= 0.3 is 5.97 Å². The van der Waals surface area contributed by atoms with E-state index in [1.807, 2.05) is 0 Å². The molecule has 0 aromatic rings. The molecule has 3 N–H and O–H groups in total. The molecule has 0 rings (SSSR count). The second-order valence-electron chi connectivity index (χ2n) is 16.2. The Labute approximate surface area is 329 Å². The molecule has 314 valence electrons. The summed E-state index contributed by atoms with van der Waals surface area (Å²) >= 11 is 0. The van der Waals surface area contributed by atoms with E-state index in [-0.39, 0.29) is 24.9 Å². The number of nitrogens with one attached hydrogen (secondary N) is 1. The first-order valence-electron chi connectivity index (χ1n) is 23.4. The minimum absolute atomic E-state index is 0.0724. The Hall–Kier alpha value is -1.40. The van der Waals surface area contributed by atoms with Crippen LogP contribution in [-0.4, -0.2) is 46.9 Å². The van der Waals surface area contributed by atoms with Gasteiger partial charge in [-0.15, -0.1) is 0 Å². The number of unbranched alkanes of at least 4 members (excludes halogenated alkanes) is 28. The van der Waals surface area contributed by atoms with Crippen LogP contribution in [0.2, 0.25) is 0 Å². The summed E-state index contributed by atoms with van der Waals surface area (Å²) in [4.78, 5) is 25.9. The third-order valence-corrected chi connectivity index (χ3v) is 10.8. The number of carbonyl (C=O) groups is 2. The van der Waals surface area contributed by atoms with E-state index >= 15 is 0 Å². The minimum Gasteiger partial charge on any atom is -0.462 e. The third kappa shape index (κ3) is 37.3. The predicted octanol–water partition coefficient (Wildman–Crippen LogP) is 13.4. The highest BCUT2D eigenvalue weighted by Crippen LogP contribution is 2.17. The van der Waals surface area contributed by atoms with E-state index in [0.717, 1.165) is 64.2 Å². The van der Waals surface area contributed by atoms with Crippen molar-refractivity contribution in [1.29, 1.82) is 0 Å². The van der Waals surface area contributed by atoms with Crippen LogP contribution >= 0.6 is 0 Å². The lowest BCUT2D eigenvalue weighted by Gasteiger charge is -2.24. The van der Waals surface area contributed by atoms with Gasteiger partial charge in [-0.1, -0.05) is 200 Å². The average Bonchev–Trinajstić information content (AvgIpc) is 3.15. The Morgan fingerprint density at radius 1 is 0.528 bits per heavy atom. The van der Waals surface area contributed by atoms with Crippen LogP contribution in [-0.2, 0) is 14.3 Å². The van der Waals surface area contributed by atoms with Crippen molar-refractivity contribution in [3.63, 3.8) is 0 Å². The van der Waals surface area contributed by atoms with Crippen LogP contribution in [0.15, 0.2) is 12.2 Å². The van der Waals surface area contributed by atoms with Crippen LogP contribution in [0.1, 0.15) is 252 Å². The van der Waals surface area contributed by atoms with E-state index < -0.39 is 18.2 Å². The van der Waals surface area contributed by atoms with Crippen molar-refractivity contribution in [2.45, 2.75) is 270 Å². The summed E-state index contributed by atoms with van der Waals surface area (Å²) in [5, 5.41) is 23.7. The van der Waals surface area contributed by atoms with Gasteiger partial charge in [0.25, 0.3) is 0 Å². The van der Waals surface area contributed by atoms with Gasteiger partial charge in [0.05, 0.1) is 25.2 Å². The maximum atomic E-state index is 13.1. The van der Waals surface area contributed by atoms with Gasteiger partial charge in [-0.2, -0.15) is 0 Å². The first kappa shape index (κ1) is 51.6. The minimum atomic E-state index is -0.784. The Balaban J connectivity index is 4.47. The van der Waals surface area contributed by atoms with E-state index in [1.54, 1.807) is 0 Å². The number of aliphatic hydroxyl groups excluding tert-OH is 2. The quantitative estimate of drug-likeness (QED) is 0.0328. The molecular weight excluding hydrogens is 659 g/mol. The Morgan fingerprint density at radius 3 is 1.38 bits per heavy atom. The molecule has 3 atom stereocenters. The van der Waals surface area contributed by atoms with Gasteiger partial charge in [0.2, 0.25) is 5.91 Å². The molecule has 0 saturated heterocycles. The molecule has 0 heterocycles. The van der Waals surface area contributed by atoms with Gasteiger partial charge in [-0.05, 0) is 51.4 Å². The number of esters is 1. The summed E-state index contributed by atoms with van der Waals surface area (Å²) in [6.45, 7) is 6.44. The van der Waals surface area contributed by atoms with Crippen LogP contribution in [0, 0.1) is 0 Å². The van der Waals surface area contributed by atoms with Crippen molar-refractivity contribution >= 4 is 11.9 Å². The fourth-order valence-corrected chi connectivity index (χ4v) is 7.25. The molecule has 0 fully saturated rings. The van der Waals surface area contributed by atoms with Crippen LogP contribution in [0.25, 0.3) is 0 Å². The zero-order valence-electron chi connectivity index (χ0n) is 35.7. The molecule has 0 bridgehead atoms. The fourth-order valence-electron chi connectivity index (χ4n) is 7.25. The average molecular weight is 750 g/mol. The molecule has 0 aliphatic carbocycles. The number of allylic oxidation sites excluding steroid dienone is 2. The molecule has 3 unspecified atom stereocenters. The highest BCUT2D eigenvalue weighted by molar-refractivity contribution is 5.77. The summed E-state index contributed by atoms with van der Waals surface area (Å²) in [5.74, 6) is -0.483. The van der Waals surface area contributed by atoms with Crippen molar-refractivity contribution in [1.82, 2.24) is 5.32 Å². The van der Waals surface area contributed by atoms with E-state index in [1.165, 1.54) is 141 Å². The number of aliphatic hydroxyl groups is 2. The molecule has 0 radical (unpaired) electrons. The van der Waals surface area contributed by atoms with E-state index in [9.17, 15) is 19.8 Å². The van der Waals surface area contributed by atoms with Crippen molar-refractivity contribution in [2.75, 3.05) is 6.61 Å². The van der Waals surface area contributed by atoms with Gasteiger partial charge in [-0.3, -0.25) is 9.59 Å². The molecule has 0 aromatic heterocycles. The topological polar surface area (TPSA) is 95.9 Å². The largest absolute Gasteiger partial charge is 0.462 e. The molecule has 0 aliphatic heterocycles. The van der Waals surface area contributed by atoms with E-state index in [0.29, 0.717) is 19.3 Å². The lowest BCUT2D eigenvalue weighted by Crippen LogP contribution is -2.46. The smallest absolute Gasteiger partial charge is 0.306 e. The lowest BCUT2D eigenvalue weighted by atomic mass is 10.0. The Kier molecular flexibility index (Phi) is 40.7. The number of rotatable bonds is 42. The van der Waals surface area contributed by atoms with Crippen molar-refractivity contribution in [2.24, 2.45) is 0 Å². The van der Waals surface area contributed by atoms with Crippen molar-refractivity contribution < 1.29 is 24.5 Å². The molecule has 6 heteroatoms. The Bertz CT molecular complexity index is 802. The molecule has 0 spiro atoms. The van der Waals surface area contributed by atoms with Crippen molar-refractivity contribution in [3.8, 4) is 0 Å². The van der Waals surface area contributed by atoms with Crippen molar-refractivity contribution in [3.05, 3.63) is 12.2 Å². The van der Waals surface area contributed by atoms with Gasteiger partial charge in [-0.25, -0.2) is 0 Å². The predicted molar refractivity (Wildman–Crippen MR) is 227 cm³/mol. The number of carbonyl (C=O) groups excluding carboxylic acids is 2. The molecule has 1 amide bonds. The summed E-state index contributed by atoms with van der Waals surface area (Å²) < 4.78 is 5.87. The normalized spacial score (nSPS) is 13.4. The summed E-state index contributed by atoms with van der Waals surface area (Å²) in [7, 11) is 0. The zero-order valence-corrected chi connectivity index (χ0v) is 35.7. The zero-order chi connectivity index (χ0) is 38.9. The first-order valence-corrected chi connectivity index (χ1v) is 23.4. The highest BCUT2D eigenvalue weighted by Gasteiger charge is 2.24. The van der Waals surface area contributed by atoms with E-state index in [4.69, 9.17) is 4.74 Å². The van der Waals surface area contributed by atoms with Gasteiger partial charge in [0.1, 0.15) is 6.10 Å². The number of hydrogen-bond donors (Lipinski definition) is 3. The molecule has 0 aliphatic rings. The monoisotopic (exact) mass is 750 g/mol. The second-order valence-corrected chi connectivity index (χ2v) is 16.2. The molecule has 6 nitrogen and oxygen atoms in total. The third-order valence-electron chi connectivity index (χ3n) is 10.8. The first-order chi connectivity index (χ1) is 26.0. The van der Waals surface area contributed by atoms with Crippen LogP contribution < -0.4 is 5.32 Å². The second kappa shape index (κ2) is 41.8. The van der Waals surface area contributed by atoms with Gasteiger partial charge < -0.3 is 20.3 Å². The highest BCUT2D eigenvalue weighted by atomic mass is 16.5. The number of hydrogen-bond acceptors (Lipinski definition) is 5. The molecular formula is C47H91NO5. The Morgan fingerprint density at radius 2 is 0.906 bits per heavy atom. The maximum absolute atomic E-state index is 13.1. The summed E-state index contributed by atoms with van der Waals surface area (Å²) in [6, 6.07) is -0.698. The van der Waals surface area contributed by atoms with Gasteiger partial charge in [0, 0.05) is 6.42 Å². The van der Waals surface area contributed by atoms with Crippen LogP contribution in [0.5, 0.6) is 0 Å². The number of amides is 1. The van der Waals surface area contributed by atoms with Gasteiger partial charge in [0.15, 0.2) is 0 Å². The molecule has 0 aromatic carbocycles. The molecule has 0 saturated carbocycles. The maximum Gasteiger partial charge on any atom is 0.306 e. The summed E-state index contributed by atoms with van der Waals surface area (Å²) in [5.41, 5.74) is 0. The standard InChI is InChI=1S/C47H91NO5/c1-4-7-10-13-16-19-21-22-23-24-25-28-30-33-36-39-45(50)44(42-49)48-46(51)41-43(38-35-32-29-27-20-17-14-11-8-5-2)53-47(52)40-37-34-31-26-18-15-12-9-6-3/h17,20,43-45,49-50H,4-16,18-19,21-42H2,1-3H3,(H,48,51)/b20-17-. The van der Waals surface area contributed by atoms with Crippen LogP contribution in [0.3, 0.4) is 0 Å². The van der Waals surface area contributed by atoms with Crippen LogP contribution in [0.4, 0.5) is 0 Å². The fraction of sp³-hybridized carbons (Fsp3) is 0.915. The lowest BCUT2D eigenvalue weighted by molar-refractivity contribution is -0.151. The SMILES string of the molecule is CCCCC/C=C\CCCCCC(CC(=O)NC(CO)C(O)CCCCCCCCCCCCCCCCC)OC(=O)CCCCCCCCCCC. The van der Waals surface area contributed by atoms with E-state index in [2.05, 4.69) is 38.2 Å². The molecule has 53 heavy (non-hydrogen) atoms. The summed E-state index contributed by atoms with van der Waals surface area (Å²) in [6.07, 6.45) is 44.2.